The molecule has 0 radical (unpaired) electrons. The fourth-order valence-electron chi connectivity index (χ4n) is 0.933. The highest BCUT2D eigenvalue weighted by Gasteiger charge is 2.31. The number of rotatable bonds is 4. The third-order valence-corrected chi connectivity index (χ3v) is 2.50. The van der Waals surface area contributed by atoms with Gasteiger partial charge in [-0.1, -0.05) is 6.92 Å². The van der Waals surface area contributed by atoms with E-state index in [-0.39, 0.29) is 5.91 Å². The summed E-state index contributed by atoms with van der Waals surface area (Å²) < 4.78 is 8.70. The summed E-state index contributed by atoms with van der Waals surface area (Å²) >= 11 is 1.40. The summed E-state index contributed by atoms with van der Waals surface area (Å²) in [5, 5.41) is 9.74. The van der Waals surface area contributed by atoms with Gasteiger partial charge in [-0.15, -0.1) is 11.8 Å². The van der Waals surface area contributed by atoms with Crippen LogP contribution in [0.5, 0.6) is 0 Å². The molecule has 0 aromatic heterocycles. The molecule has 1 aliphatic rings. The molecule has 0 saturated heterocycles. The summed E-state index contributed by atoms with van der Waals surface area (Å²) in [7, 11) is 2.75. The summed E-state index contributed by atoms with van der Waals surface area (Å²) in [6.45, 7) is 2.32. The topological polar surface area (TPSA) is 76.1 Å². The van der Waals surface area contributed by atoms with Gasteiger partial charge in [-0.2, -0.15) is 5.06 Å². The number of carbonyl (C=O) groups excluding carboxylic acids is 2. The van der Waals surface area contributed by atoms with Crippen LogP contribution in [0.1, 0.15) is 6.92 Å². The van der Waals surface area contributed by atoms with E-state index >= 15 is 0 Å². The molecule has 1 aliphatic heterocycles. The van der Waals surface area contributed by atoms with Gasteiger partial charge in [0, 0.05) is 7.11 Å². The van der Waals surface area contributed by atoms with Crippen molar-refractivity contribution in [3.8, 4) is 0 Å². The minimum Gasteiger partial charge on any atom is -0.471 e. The molecule has 1 amide bonds. The van der Waals surface area contributed by atoms with Crippen molar-refractivity contribution < 1.29 is 24.3 Å². The van der Waals surface area contributed by atoms with Crippen LogP contribution in [0.4, 0.5) is 0 Å². The number of hydroxylamine groups is 2. The molecule has 0 saturated carbocycles. The van der Waals surface area contributed by atoms with Gasteiger partial charge in [0.2, 0.25) is 0 Å². The largest absolute Gasteiger partial charge is 0.471 e. The zero-order chi connectivity index (χ0) is 12.6. The van der Waals surface area contributed by atoms with E-state index in [2.05, 4.69) is 4.74 Å². The van der Waals surface area contributed by atoms with E-state index in [1.807, 2.05) is 6.92 Å². The Morgan fingerprint density at radius 3 is 2.50 bits per heavy atom. The maximum Gasteiger partial charge on any atom is 0.292 e. The van der Waals surface area contributed by atoms with Crippen LogP contribution >= 0.6 is 11.8 Å². The van der Waals surface area contributed by atoms with Crippen molar-refractivity contribution in [3.05, 3.63) is 11.0 Å². The fraction of sp³-hybridized carbons (Fsp3) is 0.556. The Hall–Kier alpha value is -1.05. The highest BCUT2D eigenvalue weighted by atomic mass is 32.2. The number of carbonyl (C=O) groups is 2. The van der Waals surface area contributed by atoms with Gasteiger partial charge in [0.1, 0.15) is 0 Å². The van der Waals surface area contributed by atoms with Crippen LogP contribution in [-0.4, -0.2) is 48.9 Å². The molecule has 16 heavy (non-hydrogen) atoms. The van der Waals surface area contributed by atoms with Gasteiger partial charge in [-0.25, -0.2) is 0 Å². The van der Waals surface area contributed by atoms with Crippen molar-refractivity contribution in [1.82, 2.24) is 5.06 Å². The normalized spacial score (nSPS) is 18.8. The average molecular weight is 249 g/mol. The monoisotopic (exact) mass is 249 g/mol. The Labute approximate surface area is 98.2 Å². The molecule has 1 N–H and O–H groups in total. The number of thioether (sulfide) groups is 1. The Balaban J connectivity index is 0.000000487. The van der Waals surface area contributed by atoms with Crippen LogP contribution in [0.15, 0.2) is 11.0 Å². The highest BCUT2D eigenvalue weighted by Crippen LogP contribution is 2.25. The van der Waals surface area contributed by atoms with Crippen LogP contribution in [-0.2, 0) is 19.1 Å². The molecule has 6 nitrogen and oxygen atoms in total. The third-order valence-electron chi connectivity index (χ3n) is 1.59. The van der Waals surface area contributed by atoms with E-state index in [4.69, 9.17) is 14.7 Å². The van der Waals surface area contributed by atoms with Gasteiger partial charge in [-0.05, 0) is 11.8 Å². The quantitative estimate of drug-likeness (QED) is 0.581. The van der Waals surface area contributed by atoms with Crippen LogP contribution in [0, 0.1) is 0 Å². The molecule has 0 fully saturated rings. The van der Waals surface area contributed by atoms with Gasteiger partial charge < -0.3 is 9.47 Å². The molecule has 1 atom stereocenters. The Morgan fingerprint density at radius 2 is 2.19 bits per heavy atom. The highest BCUT2D eigenvalue weighted by molar-refractivity contribution is 8.03. The summed E-state index contributed by atoms with van der Waals surface area (Å²) in [4.78, 5) is 20.7. The first-order valence-corrected chi connectivity index (χ1v) is 5.47. The molecule has 1 rings (SSSR count). The van der Waals surface area contributed by atoms with Crippen molar-refractivity contribution >= 4 is 24.1 Å². The van der Waals surface area contributed by atoms with E-state index < -0.39 is 6.23 Å². The summed E-state index contributed by atoms with van der Waals surface area (Å²) in [6.07, 6.45) is 0.989. The van der Waals surface area contributed by atoms with E-state index in [0.717, 1.165) is 5.75 Å². The Bertz CT molecular complexity index is 269. The first kappa shape index (κ1) is 14.9. The van der Waals surface area contributed by atoms with Crippen molar-refractivity contribution in [3.63, 3.8) is 0 Å². The second-order valence-electron chi connectivity index (χ2n) is 2.57. The van der Waals surface area contributed by atoms with Gasteiger partial charge >= 0.3 is 0 Å². The lowest BCUT2D eigenvalue weighted by atomic mass is 10.5. The Morgan fingerprint density at radius 1 is 1.62 bits per heavy atom. The van der Waals surface area contributed by atoms with E-state index in [9.17, 15) is 4.79 Å². The molecule has 0 aromatic carbocycles. The number of methoxy groups -OCH3 is 2. The van der Waals surface area contributed by atoms with Crippen molar-refractivity contribution in [1.29, 1.82) is 0 Å². The molecule has 0 spiro atoms. The van der Waals surface area contributed by atoms with Gasteiger partial charge in [0.15, 0.2) is 6.23 Å². The number of nitrogens with zero attached hydrogens (tertiary/aromatic N) is 1. The lowest BCUT2D eigenvalue weighted by Crippen LogP contribution is -2.31. The first-order chi connectivity index (χ1) is 7.62. The number of hydrogen-bond acceptors (Lipinski definition) is 6. The van der Waals surface area contributed by atoms with Crippen LogP contribution in [0.2, 0.25) is 0 Å². The molecule has 7 heteroatoms. The van der Waals surface area contributed by atoms with E-state index in [1.165, 1.54) is 26.0 Å². The van der Waals surface area contributed by atoms with Gasteiger partial charge in [-0.3, -0.25) is 14.8 Å². The summed E-state index contributed by atoms with van der Waals surface area (Å²) in [6, 6.07) is 0. The second kappa shape index (κ2) is 8.14. The summed E-state index contributed by atoms with van der Waals surface area (Å²) in [5.41, 5.74) is 0. The fourth-order valence-corrected chi connectivity index (χ4v) is 1.67. The molecular formula is C9H15NO5S. The van der Waals surface area contributed by atoms with Crippen LogP contribution in [0.3, 0.4) is 0 Å². The number of hydrogen-bond donors (Lipinski definition) is 1. The lowest BCUT2D eigenvalue weighted by molar-refractivity contribution is -0.190. The standard InChI is InChI=1S/C7H11NO3S.C2H4O2/c1-3-12-5-4-6(11-2)8(10)7(5)9;1-4-2-3/h4,6,10H,3H2,1-2H3;2H,1H3. The SMILES string of the molecule is CCSC1=CC(OC)N(O)C1=O.COC=O. The third kappa shape index (κ3) is 4.21. The van der Waals surface area contributed by atoms with Crippen molar-refractivity contribution in [2.24, 2.45) is 0 Å². The maximum absolute atomic E-state index is 11.2. The van der Waals surface area contributed by atoms with Gasteiger partial charge in [0.05, 0.1) is 12.0 Å². The molecule has 1 unspecified atom stereocenters. The molecule has 0 bridgehead atoms. The number of ether oxygens (including phenoxy) is 2. The first-order valence-electron chi connectivity index (χ1n) is 4.48. The molecule has 0 aliphatic carbocycles. The minimum absolute atomic E-state index is 0.375. The lowest BCUT2D eigenvalue weighted by Gasteiger charge is -2.14. The molecule has 0 aromatic rings. The zero-order valence-electron chi connectivity index (χ0n) is 9.37. The van der Waals surface area contributed by atoms with Crippen LogP contribution in [0.25, 0.3) is 0 Å². The van der Waals surface area contributed by atoms with E-state index in [0.29, 0.717) is 16.4 Å². The number of amides is 1. The second-order valence-corrected chi connectivity index (χ2v) is 3.88. The average Bonchev–Trinajstić information content (AvgIpc) is 2.58. The minimum atomic E-state index is -0.619. The molecule has 1 heterocycles. The van der Waals surface area contributed by atoms with Gasteiger partial charge in [0.25, 0.3) is 12.4 Å². The maximum atomic E-state index is 11.2. The predicted octanol–water partition coefficient (Wildman–Crippen LogP) is 0.616. The smallest absolute Gasteiger partial charge is 0.292 e. The molecular weight excluding hydrogens is 234 g/mol. The molecule has 92 valence electrons. The van der Waals surface area contributed by atoms with Crippen molar-refractivity contribution in [2.45, 2.75) is 13.2 Å². The Kier molecular flexibility index (Phi) is 7.61. The predicted molar refractivity (Wildman–Crippen MR) is 58.7 cm³/mol. The van der Waals surface area contributed by atoms with Crippen molar-refractivity contribution in [2.75, 3.05) is 20.0 Å². The van der Waals surface area contributed by atoms with E-state index in [1.54, 1.807) is 6.08 Å². The zero-order valence-corrected chi connectivity index (χ0v) is 10.2. The van der Waals surface area contributed by atoms with Crippen LogP contribution < -0.4 is 0 Å². The summed E-state index contributed by atoms with van der Waals surface area (Å²) in [5.74, 6) is 0.427.